The molecule has 0 spiro atoms. The average Bonchev–Trinajstić information content (AvgIpc) is 3.54. The number of benzene rings is 2. The van der Waals surface area contributed by atoms with Gasteiger partial charge in [-0.1, -0.05) is 65.8 Å². The summed E-state index contributed by atoms with van der Waals surface area (Å²) in [5, 5.41) is 12.7. The van der Waals surface area contributed by atoms with Crippen molar-refractivity contribution in [1.29, 1.82) is 0 Å². The van der Waals surface area contributed by atoms with Crippen molar-refractivity contribution in [3.8, 4) is 5.75 Å². The van der Waals surface area contributed by atoms with Gasteiger partial charge in [-0.2, -0.15) is 0 Å². The van der Waals surface area contributed by atoms with Gasteiger partial charge in [0.1, 0.15) is 12.4 Å². The Kier molecular flexibility index (Phi) is 7.14. The minimum absolute atomic E-state index is 0.000135. The predicted octanol–water partition coefficient (Wildman–Crippen LogP) is 4.68. The molecular weight excluding hydrogens is 432 g/mol. The molecule has 1 aliphatic rings. The number of nitrogens with zero attached hydrogens (tertiary/aromatic N) is 3. The Labute approximate surface area is 191 Å². The highest BCUT2D eigenvalue weighted by atomic mass is 35.5. The lowest BCUT2D eigenvalue weighted by Gasteiger charge is -2.14. The standard InChI is InChI=1S/C23H25ClN4O2S/c1-16(22(29)25-14-13-17-7-3-2-4-8-17)31-23-27-26-21(28(23)18-11-12-18)15-30-20-10-6-5-9-19(20)24/h2-10,16,18H,11-15H2,1H3,(H,25,29). The number of nitrogens with one attached hydrogen (secondary N) is 1. The van der Waals surface area contributed by atoms with E-state index in [-0.39, 0.29) is 17.8 Å². The maximum atomic E-state index is 12.6. The first-order valence-electron chi connectivity index (χ1n) is 10.4. The Bertz CT molecular complexity index is 1020. The maximum absolute atomic E-state index is 12.6. The zero-order chi connectivity index (χ0) is 21.6. The van der Waals surface area contributed by atoms with Crippen LogP contribution in [0.1, 0.15) is 37.2 Å². The molecule has 2 aromatic carbocycles. The normalized spacial score (nSPS) is 14.3. The number of para-hydroxylation sites is 1. The summed E-state index contributed by atoms with van der Waals surface area (Å²) >= 11 is 7.61. The molecule has 0 aliphatic heterocycles. The highest BCUT2D eigenvalue weighted by Gasteiger charge is 2.31. The van der Waals surface area contributed by atoms with E-state index in [1.807, 2.05) is 43.3 Å². The van der Waals surface area contributed by atoms with Gasteiger partial charge in [0.05, 0.1) is 10.3 Å². The van der Waals surface area contributed by atoms with Crippen molar-refractivity contribution in [3.05, 3.63) is 71.0 Å². The van der Waals surface area contributed by atoms with Crippen molar-refractivity contribution < 1.29 is 9.53 Å². The number of carbonyl (C=O) groups excluding carboxylic acids is 1. The average molecular weight is 457 g/mol. The Hall–Kier alpha value is -2.51. The second-order valence-electron chi connectivity index (χ2n) is 7.51. The molecule has 31 heavy (non-hydrogen) atoms. The third kappa shape index (κ3) is 5.80. The van der Waals surface area contributed by atoms with Gasteiger partial charge in [0, 0.05) is 12.6 Å². The van der Waals surface area contributed by atoms with Gasteiger partial charge in [-0.15, -0.1) is 10.2 Å². The topological polar surface area (TPSA) is 69.0 Å². The molecule has 6 nitrogen and oxygen atoms in total. The van der Waals surface area contributed by atoms with Crippen molar-refractivity contribution in [2.75, 3.05) is 6.54 Å². The van der Waals surface area contributed by atoms with Crippen LogP contribution < -0.4 is 10.1 Å². The van der Waals surface area contributed by atoms with E-state index in [0.29, 0.717) is 23.4 Å². The van der Waals surface area contributed by atoms with Crippen LogP contribution in [0.5, 0.6) is 5.75 Å². The number of hydrogen-bond donors (Lipinski definition) is 1. The lowest BCUT2D eigenvalue weighted by molar-refractivity contribution is -0.120. The highest BCUT2D eigenvalue weighted by molar-refractivity contribution is 8.00. The van der Waals surface area contributed by atoms with Gasteiger partial charge in [-0.3, -0.25) is 9.36 Å². The number of halogens is 1. The van der Waals surface area contributed by atoms with E-state index in [1.165, 1.54) is 17.3 Å². The summed E-state index contributed by atoms with van der Waals surface area (Å²) in [5.41, 5.74) is 1.21. The molecule has 1 aromatic heterocycles. The molecule has 162 valence electrons. The Morgan fingerprint density at radius 2 is 1.94 bits per heavy atom. The highest BCUT2D eigenvalue weighted by Crippen LogP contribution is 2.39. The molecule has 0 bridgehead atoms. The molecule has 1 N–H and O–H groups in total. The van der Waals surface area contributed by atoms with Crippen LogP contribution in [-0.2, 0) is 17.8 Å². The van der Waals surface area contributed by atoms with Gasteiger partial charge in [0.15, 0.2) is 11.0 Å². The van der Waals surface area contributed by atoms with Gasteiger partial charge < -0.3 is 10.1 Å². The molecule has 1 amide bonds. The van der Waals surface area contributed by atoms with Crippen molar-refractivity contribution >= 4 is 29.3 Å². The number of rotatable bonds is 10. The fourth-order valence-corrected chi connectivity index (χ4v) is 4.37. The molecular formula is C23H25ClN4O2S. The van der Waals surface area contributed by atoms with Crippen LogP contribution in [0.3, 0.4) is 0 Å². The molecule has 1 aliphatic carbocycles. The molecule has 1 unspecified atom stereocenters. The minimum Gasteiger partial charge on any atom is -0.484 e. The number of carbonyl (C=O) groups is 1. The molecule has 1 saturated carbocycles. The zero-order valence-electron chi connectivity index (χ0n) is 17.3. The first-order valence-corrected chi connectivity index (χ1v) is 11.7. The quantitative estimate of drug-likeness (QED) is 0.448. The molecule has 0 radical (unpaired) electrons. The van der Waals surface area contributed by atoms with Crippen molar-refractivity contribution in [1.82, 2.24) is 20.1 Å². The largest absolute Gasteiger partial charge is 0.484 e. The van der Waals surface area contributed by atoms with E-state index < -0.39 is 0 Å². The Balaban J connectivity index is 1.34. The van der Waals surface area contributed by atoms with Crippen LogP contribution in [0.15, 0.2) is 59.8 Å². The Morgan fingerprint density at radius 1 is 1.19 bits per heavy atom. The van der Waals surface area contributed by atoms with Crippen LogP contribution in [0.25, 0.3) is 0 Å². The van der Waals surface area contributed by atoms with Crippen LogP contribution in [-0.4, -0.2) is 32.5 Å². The number of hydrogen-bond acceptors (Lipinski definition) is 5. The summed E-state index contributed by atoms with van der Waals surface area (Å²) in [6.45, 7) is 2.79. The monoisotopic (exact) mass is 456 g/mol. The third-order valence-corrected chi connectivity index (χ3v) is 6.42. The summed E-state index contributed by atoms with van der Waals surface area (Å²) in [7, 11) is 0. The minimum atomic E-state index is -0.269. The number of aromatic nitrogens is 3. The van der Waals surface area contributed by atoms with E-state index >= 15 is 0 Å². The number of amides is 1. The SMILES string of the molecule is CC(Sc1nnc(COc2ccccc2Cl)n1C1CC1)C(=O)NCCc1ccccc1. The third-order valence-electron chi connectivity index (χ3n) is 5.05. The first kappa shape index (κ1) is 21.7. The molecule has 1 fully saturated rings. The second-order valence-corrected chi connectivity index (χ2v) is 9.22. The van der Waals surface area contributed by atoms with Crippen LogP contribution in [0.4, 0.5) is 0 Å². The van der Waals surface area contributed by atoms with Crippen LogP contribution >= 0.6 is 23.4 Å². The number of thioether (sulfide) groups is 1. The van der Waals surface area contributed by atoms with E-state index in [9.17, 15) is 4.79 Å². The van der Waals surface area contributed by atoms with Gasteiger partial charge in [0.25, 0.3) is 0 Å². The van der Waals surface area contributed by atoms with E-state index in [2.05, 4.69) is 32.2 Å². The van der Waals surface area contributed by atoms with E-state index in [0.717, 1.165) is 30.2 Å². The fourth-order valence-electron chi connectivity index (χ4n) is 3.22. The smallest absolute Gasteiger partial charge is 0.233 e. The first-order chi connectivity index (χ1) is 15.1. The zero-order valence-corrected chi connectivity index (χ0v) is 18.9. The lowest BCUT2D eigenvalue weighted by atomic mass is 10.1. The summed E-state index contributed by atoms with van der Waals surface area (Å²) < 4.78 is 7.96. The summed E-state index contributed by atoms with van der Waals surface area (Å²) in [4.78, 5) is 12.6. The Morgan fingerprint density at radius 3 is 2.68 bits per heavy atom. The van der Waals surface area contributed by atoms with Crippen molar-refractivity contribution in [2.45, 2.75) is 49.2 Å². The van der Waals surface area contributed by atoms with Crippen LogP contribution in [0, 0.1) is 0 Å². The summed E-state index contributed by atoms with van der Waals surface area (Å²) in [5.74, 6) is 1.37. The molecule has 3 aromatic rings. The molecule has 0 saturated heterocycles. The van der Waals surface area contributed by atoms with Crippen LogP contribution in [0.2, 0.25) is 5.02 Å². The number of ether oxygens (including phenoxy) is 1. The maximum Gasteiger partial charge on any atom is 0.233 e. The predicted molar refractivity (Wildman–Crippen MR) is 123 cm³/mol. The second kappa shape index (κ2) is 10.2. The van der Waals surface area contributed by atoms with E-state index in [1.54, 1.807) is 6.07 Å². The molecule has 8 heteroatoms. The van der Waals surface area contributed by atoms with Crippen molar-refractivity contribution in [3.63, 3.8) is 0 Å². The fraction of sp³-hybridized carbons (Fsp3) is 0.348. The van der Waals surface area contributed by atoms with E-state index in [4.69, 9.17) is 16.3 Å². The van der Waals surface area contributed by atoms with Gasteiger partial charge in [-0.25, -0.2) is 0 Å². The summed E-state index contributed by atoms with van der Waals surface area (Å²) in [6, 6.07) is 17.9. The molecule has 4 rings (SSSR count). The molecule has 1 atom stereocenters. The lowest BCUT2D eigenvalue weighted by Crippen LogP contribution is -2.32. The van der Waals surface area contributed by atoms with Gasteiger partial charge >= 0.3 is 0 Å². The van der Waals surface area contributed by atoms with Gasteiger partial charge in [-0.05, 0) is 43.9 Å². The molecule has 1 heterocycles. The van der Waals surface area contributed by atoms with Gasteiger partial charge in [0.2, 0.25) is 5.91 Å². The summed E-state index contributed by atoms with van der Waals surface area (Å²) in [6.07, 6.45) is 2.98. The van der Waals surface area contributed by atoms with Crippen molar-refractivity contribution in [2.24, 2.45) is 0 Å².